The molecule has 20 heavy (non-hydrogen) atoms. The molecular formula is C11H5Cl2N5O2. The van der Waals surface area contributed by atoms with E-state index in [2.05, 4.69) is 15.3 Å². The van der Waals surface area contributed by atoms with E-state index in [-0.39, 0.29) is 21.8 Å². The molecule has 0 radical (unpaired) electrons. The highest BCUT2D eigenvalue weighted by Gasteiger charge is 2.18. The Kier molecular flexibility index (Phi) is 3.98. The maximum Gasteiger partial charge on any atom is 0.329 e. The Morgan fingerprint density at radius 2 is 2.15 bits per heavy atom. The summed E-state index contributed by atoms with van der Waals surface area (Å²) in [6.45, 7) is 0. The molecule has 100 valence electrons. The van der Waals surface area contributed by atoms with E-state index in [0.717, 1.165) is 6.20 Å². The number of anilines is 2. The molecule has 0 aliphatic rings. The number of aromatic nitrogens is 2. The maximum absolute atomic E-state index is 10.9. The van der Waals surface area contributed by atoms with E-state index >= 15 is 0 Å². The van der Waals surface area contributed by atoms with Crippen LogP contribution in [0.3, 0.4) is 0 Å². The highest BCUT2D eigenvalue weighted by molar-refractivity contribution is 6.33. The van der Waals surface area contributed by atoms with Gasteiger partial charge in [-0.15, -0.1) is 0 Å². The zero-order chi connectivity index (χ0) is 14.7. The highest BCUT2D eigenvalue weighted by Crippen LogP contribution is 2.30. The minimum atomic E-state index is -0.652. The Hall–Kier alpha value is -2.43. The minimum absolute atomic E-state index is 0.105. The second-order valence-electron chi connectivity index (χ2n) is 3.56. The largest absolute Gasteiger partial charge is 0.333 e. The zero-order valence-corrected chi connectivity index (χ0v) is 11.2. The summed E-state index contributed by atoms with van der Waals surface area (Å²) >= 11 is 11.6. The van der Waals surface area contributed by atoms with Gasteiger partial charge in [0.05, 0.1) is 27.3 Å². The summed E-state index contributed by atoms with van der Waals surface area (Å²) in [5.74, 6) is -0.105. The summed E-state index contributed by atoms with van der Waals surface area (Å²) < 4.78 is 0. The zero-order valence-electron chi connectivity index (χ0n) is 9.67. The Labute approximate surface area is 122 Å². The first-order valence-corrected chi connectivity index (χ1v) is 5.90. The van der Waals surface area contributed by atoms with Gasteiger partial charge in [0.2, 0.25) is 11.1 Å². The van der Waals surface area contributed by atoms with Crippen LogP contribution in [-0.4, -0.2) is 14.9 Å². The molecule has 2 aromatic rings. The molecule has 0 aliphatic heterocycles. The van der Waals surface area contributed by atoms with Gasteiger partial charge < -0.3 is 5.32 Å². The van der Waals surface area contributed by atoms with E-state index in [1.807, 2.05) is 6.07 Å². The van der Waals surface area contributed by atoms with Crippen molar-refractivity contribution in [3.8, 4) is 6.07 Å². The fraction of sp³-hybridized carbons (Fsp3) is 0. The fourth-order valence-corrected chi connectivity index (χ4v) is 1.70. The van der Waals surface area contributed by atoms with E-state index in [1.54, 1.807) is 0 Å². The SMILES string of the molecule is N#Cc1ccc(Cl)c(Nc2nc(Cl)ncc2[N+](=O)[O-])c1. The number of hydrogen-bond donors (Lipinski definition) is 1. The van der Waals surface area contributed by atoms with Crippen LogP contribution < -0.4 is 5.32 Å². The van der Waals surface area contributed by atoms with Gasteiger partial charge in [-0.3, -0.25) is 10.1 Å². The van der Waals surface area contributed by atoms with E-state index in [9.17, 15) is 10.1 Å². The molecule has 0 saturated carbocycles. The van der Waals surface area contributed by atoms with Crippen molar-refractivity contribution in [3.63, 3.8) is 0 Å². The third-order valence-corrected chi connectivity index (χ3v) is 2.80. The monoisotopic (exact) mass is 309 g/mol. The number of nitriles is 1. The van der Waals surface area contributed by atoms with Crippen molar-refractivity contribution in [2.45, 2.75) is 0 Å². The second kappa shape index (κ2) is 5.69. The standard InChI is InChI=1S/C11H5Cl2N5O2/c12-7-2-1-6(4-14)3-8(7)16-10-9(18(19)20)5-15-11(13)17-10/h1-3,5H,(H,15,16,17). The Balaban J connectivity index is 2.47. The quantitative estimate of drug-likeness (QED) is 0.530. The first-order valence-electron chi connectivity index (χ1n) is 5.15. The molecule has 0 atom stereocenters. The lowest BCUT2D eigenvalue weighted by molar-refractivity contribution is -0.384. The molecule has 9 heteroatoms. The van der Waals surface area contributed by atoms with Crippen LogP contribution in [0.4, 0.5) is 17.2 Å². The van der Waals surface area contributed by atoms with Crippen LogP contribution in [0.1, 0.15) is 5.56 Å². The van der Waals surface area contributed by atoms with Crippen LogP contribution in [0.2, 0.25) is 10.3 Å². The van der Waals surface area contributed by atoms with Crippen LogP contribution in [0.5, 0.6) is 0 Å². The summed E-state index contributed by atoms with van der Waals surface area (Å²) in [5, 5.41) is 22.5. The maximum atomic E-state index is 10.9. The molecule has 0 aliphatic carbocycles. The average Bonchev–Trinajstić information content (AvgIpc) is 2.41. The number of nitro groups is 1. The molecular weight excluding hydrogens is 305 g/mol. The fourth-order valence-electron chi connectivity index (χ4n) is 1.40. The molecule has 0 saturated heterocycles. The van der Waals surface area contributed by atoms with Gasteiger partial charge in [0, 0.05) is 0 Å². The van der Waals surface area contributed by atoms with Crippen molar-refractivity contribution in [2.24, 2.45) is 0 Å². The summed E-state index contributed by atoms with van der Waals surface area (Å²) in [5.41, 5.74) is 0.302. The van der Waals surface area contributed by atoms with Gasteiger partial charge in [0.15, 0.2) is 0 Å². The topological polar surface area (TPSA) is 105 Å². The van der Waals surface area contributed by atoms with Crippen molar-refractivity contribution < 1.29 is 4.92 Å². The molecule has 0 unspecified atom stereocenters. The molecule has 0 bridgehead atoms. The Morgan fingerprint density at radius 3 is 2.80 bits per heavy atom. The number of hydrogen-bond acceptors (Lipinski definition) is 6. The van der Waals surface area contributed by atoms with Crippen molar-refractivity contribution >= 4 is 40.4 Å². The van der Waals surface area contributed by atoms with Gasteiger partial charge in [-0.25, -0.2) is 4.98 Å². The predicted octanol–water partition coefficient (Wildman–Crippen LogP) is 3.31. The predicted molar refractivity (Wildman–Crippen MR) is 73.1 cm³/mol. The third-order valence-electron chi connectivity index (χ3n) is 2.29. The van der Waals surface area contributed by atoms with Crippen LogP contribution in [0.25, 0.3) is 0 Å². The normalized spacial score (nSPS) is 9.85. The lowest BCUT2D eigenvalue weighted by Gasteiger charge is -2.08. The average molecular weight is 310 g/mol. The Morgan fingerprint density at radius 1 is 1.40 bits per heavy atom. The molecule has 1 aromatic heterocycles. The summed E-state index contributed by atoms with van der Waals surface area (Å²) in [6, 6.07) is 6.40. The number of nitrogens with zero attached hydrogens (tertiary/aromatic N) is 4. The van der Waals surface area contributed by atoms with Gasteiger partial charge >= 0.3 is 5.69 Å². The van der Waals surface area contributed by atoms with Gasteiger partial charge in [-0.2, -0.15) is 10.2 Å². The summed E-state index contributed by atoms with van der Waals surface area (Å²) in [6.07, 6.45) is 0.986. The summed E-state index contributed by atoms with van der Waals surface area (Å²) in [4.78, 5) is 17.5. The summed E-state index contributed by atoms with van der Waals surface area (Å²) in [7, 11) is 0. The lowest BCUT2D eigenvalue weighted by atomic mass is 10.2. The number of nitrogens with one attached hydrogen (secondary N) is 1. The highest BCUT2D eigenvalue weighted by atomic mass is 35.5. The molecule has 1 N–H and O–H groups in total. The van der Waals surface area contributed by atoms with Crippen molar-refractivity contribution in [3.05, 3.63) is 50.4 Å². The van der Waals surface area contributed by atoms with Gasteiger partial charge in [0.25, 0.3) is 0 Å². The Bertz CT molecular complexity index is 729. The van der Waals surface area contributed by atoms with E-state index in [0.29, 0.717) is 11.3 Å². The van der Waals surface area contributed by atoms with Crippen molar-refractivity contribution in [1.82, 2.24) is 9.97 Å². The van der Waals surface area contributed by atoms with Gasteiger partial charge in [-0.1, -0.05) is 11.6 Å². The minimum Gasteiger partial charge on any atom is -0.333 e. The second-order valence-corrected chi connectivity index (χ2v) is 4.31. The number of halogens is 2. The molecule has 1 heterocycles. The first kappa shape index (κ1) is 14.0. The molecule has 7 nitrogen and oxygen atoms in total. The van der Waals surface area contributed by atoms with Gasteiger partial charge in [0.1, 0.15) is 6.20 Å². The van der Waals surface area contributed by atoms with Crippen LogP contribution in [0.15, 0.2) is 24.4 Å². The van der Waals surface area contributed by atoms with Crippen LogP contribution in [0, 0.1) is 21.4 Å². The molecule has 0 spiro atoms. The molecule has 0 amide bonds. The van der Waals surface area contributed by atoms with Crippen LogP contribution in [-0.2, 0) is 0 Å². The van der Waals surface area contributed by atoms with Gasteiger partial charge in [-0.05, 0) is 29.8 Å². The lowest BCUT2D eigenvalue weighted by Crippen LogP contribution is -2.01. The van der Waals surface area contributed by atoms with E-state index < -0.39 is 4.92 Å². The molecule has 1 aromatic carbocycles. The van der Waals surface area contributed by atoms with E-state index in [1.165, 1.54) is 18.2 Å². The first-order chi connectivity index (χ1) is 9.51. The smallest absolute Gasteiger partial charge is 0.329 e. The van der Waals surface area contributed by atoms with E-state index in [4.69, 9.17) is 28.5 Å². The number of benzene rings is 1. The van der Waals surface area contributed by atoms with Crippen molar-refractivity contribution in [2.75, 3.05) is 5.32 Å². The number of rotatable bonds is 3. The van der Waals surface area contributed by atoms with Crippen molar-refractivity contribution in [1.29, 1.82) is 5.26 Å². The molecule has 0 fully saturated rings. The third kappa shape index (κ3) is 2.93. The van der Waals surface area contributed by atoms with Crippen LogP contribution >= 0.6 is 23.2 Å². The molecule has 2 rings (SSSR count).